The summed E-state index contributed by atoms with van der Waals surface area (Å²) in [5.74, 6) is 1.69. The summed E-state index contributed by atoms with van der Waals surface area (Å²) >= 11 is 1.54. The summed E-state index contributed by atoms with van der Waals surface area (Å²) < 4.78 is 1.12. The summed E-state index contributed by atoms with van der Waals surface area (Å²) in [6, 6.07) is 10.6. The fourth-order valence-corrected chi connectivity index (χ4v) is 6.51. The first-order chi connectivity index (χ1) is 16.5. The van der Waals surface area contributed by atoms with Crippen LogP contribution < -0.4 is 10.6 Å². The number of nitrogens with zero attached hydrogens (tertiary/aromatic N) is 2. The van der Waals surface area contributed by atoms with Gasteiger partial charge in [0.2, 0.25) is 0 Å². The highest BCUT2D eigenvalue weighted by molar-refractivity contribution is 7.21. The lowest BCUT2D eigenvalue weighted by atomic mass is 9.86. The van der Waals surface area contributed by atoms with Gasteiger partial charge in [0, 0.05) is 46.5 Å². The van der Waals surface area contributed by atoms with Crippen molar-refractivity contribution in [3.63, 3.8) is 0 Å². The number of hydrogen-bond donors (Lipinski definition) is 2. The van der Waals surface area contributed by atoms with Crippen molar-refractivity contribution in [1.82, 2.24) is 9.97 Å². The van der Waals surface area contributed by atoms with Gasteiger partial charge in [-0.2, -0.15) is 0 Å². The summed E-state index contributed by atoms with van der Waals surface area (Å²) in [5.41, 5.74) is 9.48. The third kappa shape index (κ3) is 4.43. The van der Waals surface area contributed by atoms with Gasteiger partial charge in [-0.05, 0) is 60.8 Å². The van der Waals surface area contributed by atoms with E-state index in [0.717, 1.165) is 71.7 Å². The lowest BCUT2D eigenvalue weighted by Gasteiger charge is -2.31. The second kappa shape index (κ2) is 9.79. The number of primary amides is 1. The van der Waals surface area contributed by atoms with Crippen LogP contribution in [0.2, 0.25) is 0 Å². The Morgan fingerprint density at radius 1 is 1.26 bits per heavy atom. The third-order valence-electron chi connectivity index (χ3n) is 7.39. The van der Waals surface area contributed by atoms with E-state index in [4.69, 9.17) is 10.7 Å². The van der Waals surface area contributed by atoms with E-state index in [2.05, 4.69) is 60.3 Å². The molecule has 5 rings (SSSR count). The highest BCUT2D eigenvalue weighted by Gasteiger charge is 2.26. The molecule has 178 valence electrons. The molecule has 4 heterocycles. The van der Waals surface area contributed by atoms with Crippen LogP contribution in [-0.4, -0.2) is 29.0 Å². The molecule has 34 heavy (non-hydrogen) atoms. The SMILES string of the molecule is CCCCC(Cc1c[nH]c2ccccc12)c1c(C(N)=O)sc2cc(N3CCC(C)CC3)ncc12. The van der Waals surface area contributed by atoms with Gasteiger partial charge in [0.15, 0.2) is 0 Å². The highest BCUT2D eigenvalue weighted by atomic mass is 32.1. The molecule has 3 N–H and O–H groups in total. The first kappa shape index (κ1) is 22.9. The standard InChI is InChI=1S/C28H34N4OS/c1-3-4-7-19(14-20-16-30-23-9-6-5-8-21(20)23)26-22-17-31-25(32-12-10-18(2)11-13-32)15-24(22)34-27(26)28(29)33/h5-6,8-9,15-19,30H,3-4,7,10-14H2,1-2H3,(H2,29,33). The topological polar surface area (TPSA) is 75.0 Å². The van der Waals surface area contributed by atoms with Crippen LogP contribution in [0.5, 0.6) is 0 Å². The number of anilines is 1. The minimum absolute atomic E-state index is 0.221. The van der Waals surface area contributed by atoms with Crippen LogP contribution in [-0.2, 0) is 6.42 Å². The summed E-state index contributed by atoms with van der Waals surface area (Å²) in [6.45, 7) is 6.63. The Bertz CT molecular complexity index is 1300. The first-order valence-corrected chi connectivity index (χ1v) is 13.4. The number of aromatic amines is 1. The van der Waals surface area contributed by atoms with Crippen LogP contribution in [0, 0.1) is 5.92 Å². The molecular weight excluding hydrogens is 440 g/mol. The Balaban J connectivity index is 1.55. The molecule has 1 aromatic carbocycles. The summed E-state index contributed by atoms with van der Waals surface area (Å²) in [5, 5.41) is 2.35. The van der Waals surface area contributed by atoms with Gasteiger partial charge in [0.05, 0.1) is 4.88 Å². The smallest absolute Gasteiger partial charge is 0.259 e. The third-order valence-corrected chi connectivity index (χ3v) is 8.57. The van der Waals surface area contributed by atoms with E-state index in [0.29, 0.717) is 4.88 Å². The molecular formula is C28H34N4OS. The number of aromatic nitrogens is 2. The molecule has 0 bridgehead atoms. The van der Waals surface area contributed by atoms with Crippen LogP contribution in [0.25, 0.3) is 21.0 Å². The second-order valence-corrected chi connectivity index (χ2v) is 10.9. The van der Waals surface area contributed by atoms with E-state index < -0.39 is 0 Å². The molecule has 1 aliphatic heterocycles. The van der Waals surface area contributed by atoms with Gasteiger partial charge >= 0.3 is 0 Å². The first-order valence-electron chi connectivity index (χ1n) is 12.6. The van der Waals surface area contributed by atoms with Gasteiger partial charge in [0.25, 0.3) is 5.91 Å². The van der Waals surface area contributed by atoms with Crippen molar-refractivity contribution in [2.24, 2.45) is 11.7 Å². The number of pyridine rings is 1. The fourth-order valence-electron chi connectivity index (χ4n) is 5.36. The quantitative estimate of drug-likeness (QED) is 0.301. The average molecular weight is 475 g/mol. The number of rotatable bonds is 8. The van der Waals surface area contributed by atoms with Crippen molar-refractivity contribution >= 4 is 44.1 Å². The van der Waals surface area contributed by atoms with Gasteiger partial charge in [-0.25, -0.2) is 4.98 Å². The van der Waals surface area contributed by atoms with Crippen LogP contribution in [0.4, 0.5) is 5.82 Å². The fraction of sp³-hybridized carbons (Fsp3) is 0.429. The number of carbonyl (C=O) groups excluding carboxylic acids is 1. The Morgan fingerprint density at radius 2 is 2.06 bits per heavy atom. The number of amides is 1. The maximum absolute atomic E-state index is 12.6. The van der Waals surface area contributed by atoms with Crippen molar-refractivity contribution in [3.8, 4) is 0 Å². The molecule has 1 atom stereocenters. The molecule has 0 spiro atoms. The van der Waals surface area contributed by atoms with Crippen molar-refractivity contribution in [3.05, 3.63) is 58.7 Å². The van der Waals surface area contributed by atoms with E-state index in [9.17, 15) is 4.79 Å². The molecule has 5 nitrogen and oxygen atoms in total. The molecule has 1 amide bonds. The van der Waals surface area contributed by atoms with Gasteiger partial charge in [-0.1, -0.05) is 44.9 Å². The number of nitrogens with two attached hydrogens (primary N) is 1. The molecule has 1 fully saturated rings. The van der Waals surface area contributed by atoms with Crippen molar-refractivity contribution < 1.29 is 4.79 Å². The molecule has 3 aromatic heterocycles. The van der Waals surface area contributed by atoms with Gasteiger partial charge in [-0.15, -0.1) is 11.3 Å². The van der Waals surface area contributed by atoms with Crippen molar-refractivity contribution in [2.45, 2.75) is 58.3 Å². The van der Waals surface area contributed by atoms with Crippen LogP contribution in [0.1, 0.15) is 72.7 Å². The number of para-hydroxylation sites is 1. The van der Waals surface area contributed by atoms with Crippen molar-refractivity contribution in [1.29, 1.82) is 0 Å². The number of carbonyl (C=O) groups is 1. The molecule has 1 saturated heterocycles. The Hall–Kier alpha value is -2.86. The number of piperidine rings is 1. The van der Waals surface area contributed by atoms with E-state index >= 15 is 0 Å². The van der Waals surface area contributed by atoms with E-state index in [-0.39, 0.29) is 11.8 Å². The van der Waals surface area contributed by atoms with Gasteiger partial charge in [0.1, 0.15) is 5.82 Å². The molecule has 4 aromatic rings. The second-order valence-electron chi connectivity index (χ2n) is 9.82. The maximum atomic E-state index is 12.6. The number of hydrogen-bond acceptors (Lipinski definition) is 4. The molecule has 1 unspecified atom stereocenters. The van der Waals surface area contributed by atoms with Crippen LogP contribution in [0.3, 0.4) is 0 Å². The normalized spacial score (nSPS) is 15.9. The number of thiophene rings is 1. The largest absolute Gasteiger partial charge is 0.365 e. The Labute approximate surface area is 205 Å². The Morgan fingerprint density at radius 3 is 2.82 bits per heavy atom. The van der Waals surface area contributed by atoms with Crippen LogP contribution >= 0.6 is 11.3 Å². The predicted octanol–water partition coefficient (Wildman–Crippen LogP) is 6.63. The minimum atomic E-state index is -0.329. The summed E-state index contributed by atoms with van der Waals surface area (Å²) in [6.07, 6.45) is 10.6. The average Bonchev–Trinajstić information content (AvgIpc) is 3.43. The highest BCUT2D eigenvalue weighted by Crippen LogP contribution is 2.41. The predicted molar refractivity (Wildman–Crippen MR) is 143 cm³/mol. The van der Waals surface area contributed by atoms with Gasteiger partial charge < -0.3 is 15.6 Å². The molecule has 0 saturated carbocycles. The lowest BCUT2D eigenvalue weighted by molar-refractivity contribution is 0.100. The molecule has 0 aliphatic carbocycles. The molecule has 6 heteroatoms. The Kier molecular flexibility index (Phi) is 6.59. The molecule has 1 aliphatic rings. The minimum Gasteiger partial charge on any atom is -0.365 e. The summed E-state index contributed by atoms with van der Waals surface area (Å²) in [7, 11) is 0. The summed E-state index contributed by atoms with van der Waals surface area (Å²) in [4.78, 5) is 24.0. The number of H-pyrrole nitrogens is 1. The van der Waals surface area contributed by atoms with Crippen LogP contribution in [0.15, 0.2) is 42.7 Å². The zero-order valence-electron chi connectivity index (χ0n) is 20.1. The van der Waals surface area contributed by atoms with E-state index in [1.54, 1.807) is 0 Å². The molecule has 0 radical (unpaired) electrons. The number of benzene rings is 1. The zero-order chi connectivity index (χ0) is 23.7. The van der Waals surface area contributed by atoms with Gasteiger partial charge in [-0.3, -0.25) is 4.79 Å². The lowest BCUT2D eigenvalue weighted by Crippen LogP contribution is -2.33. The van der Waals surface area contributed by atoms with E-state index in [1.165, 1.54) is 35.1 Å². The van der Waals surface area contributed by atoms with E-state index in [1.807, 2.05) is 6.20 Å². The number of unbranched alkanes of at least 4 members (excludes halogenated alkanes) is 1. The monoisotopic (exact) mass is 474 g/mol. The zero-order valence-corrected chi connectivity index (χ0v) is 21.0. The number of fused-ring (bicyclic) bond motifs is 2. The van der Waals surface area contributed by atoms with Crippen molar-refractivity contribution in [2.75, 3.05) is 18.0 Å². The number of nitrogens with one attached hydrogen (secondary N) is 1. The maximum Gasteiger partial charge on any atom is 0.259 e.